The first-order chi connectivity index (χ1) is 8.55. The average molecular weight is 251 g/mol. The summed E-state index contributed by atoms with van der Waals surface area (Å²) < 4.78 is 1.47. The average Bonchev–Trinajstić information content (AvgIpc) is 2.95. The van der Waals surface area contributed by atoms with E-state index >= 15 is 0 Å². The number of amides is 1. The molecule has 6 heteroatoms. The molecule has 0 atom stereocenters. The van der Waals surface area contributed by atoms with Gasteiger partial charge in [0.1, 0.15) is 5.69 Å². The second-order valence-corrected chi connectivity index (χ2v) is 4.82. The molecular weight excluding hydrogens is 234 g/mol. The highest BCUT2D eigenvalue weighted by atomic mass is 16.4. The third-order valence-corrected chi connectivity index (χ3v) is 3.66. The summed E-state index contributed by atoms with van der Waals surface area (Å²) in [5.41, 5.74) is -0.345. The molecule has 1 aliphatic carbocycles. The smallest absolute Gasteiger partial charge is 0.311 e. The molecule has 1 amide bonds. The molecule has 0 bridgehead atoms. The van der Waals surface area contributed by atoms with Crippen molar-refractivity contribution >= 4 is 11.9 Å². The van der Waals surface area contributed by atoms with Crippen LogP contribution >= 0.6 is 0 Å². The first-order valence-corrected chi connectivity index (χ1v) is 6.05. The summed E-state index contributed by atoms with van der Waals surface area (Å²) in [6.45, 7) is 0.187. The molecule has 0 saturated heterocycles. The van der Waals surface area contributed by atoms with E-state index in [1.807, 2.05) is 0 Å². The Bertz CT molecular complexity index is 461. The molecule has 18 heavy (non-hydrogen) atoms. The quantitative estimate of drug-likeness (QED) is 0.828. The number of hydrogen-bond donors (Lipinski definition) is 2. The standard InChI is InChI=1S/C12H17N3O3/c1-15-9(4-7-14-15)10(16)13-8-12(11(17)18)5-2-3-6-12/h4,7H,2-3,5-6,8H2,1H3,(H,13,16)(H,17,18). The number of hydrogen-bond acceptors (Lipinski definition) is 3. The Hall–Kier alpha value is -1.85. The van der Waals surface area contributed by atoms with Crippen LogP contribution in [-0.2, 0) is 11.8 Å². The fourth-order valence-corrected chi connectivity index (χ4v) is 2.45. The van der Waals surface area contributed by atoms with Crippen molar-refractivity contribution in [2.45, 2.75) is 25.7 Å². The second-order valence-electron chi connectivity index (χ2n) is 4.82. The Morgan fingerprint density at radius 2 is 2.17 bits per heavy atom. The van der Waals surface area contributed by atoms with E-state index in [9.17, 15) is 14.7 Å². The van der Waals surface area contributed by atoms with Gasteiger partial charge in [-0.1, -0.05) is 12.8 Å². The van der Waals surface area contributed by atoms with E-state index in [0.29, 0.717) is 18.5 Å². The molecule has 2 N–H and O–H groups in total. The number of carbonyl (C=O) groups excluding carboxylic acids is 1. The van der Waals surface area contributed by atoms with Crippen molar-refractivity contribution in [1.82, 2.24) is 15.1 Å². The van der Waals surface area contributed by atoms with Crippen molar-refractivity contribution in [2.24, 2.45) is 12.5 Å². The van der Waals surface area contributed by atoms with Crippen LogP contribution in [0.15, 0.2) is 12.3 Å². The Balaban J connectivity index is 2.01. The van der Waals surface area contributed by atoms with Crippen molar-refractivity contribution in [3.63, 3.8) is 0 Å². The molecule has 0 aromatic carbocycles. The highest BCUT2D eigenvalue weighted by Gasteiger charge is 2.41. The maximum atomic E-state index is 11.9. The van der Waals surface area contributed by atoms with Gasteiger partial charge in [-0.15, -0.1) is 0 Å². The first kappa shape index (κ1) is 12.6. The van der Waals surface area contributed by atoms with Crippen LogP contribution in [0.25, 0.3) is 0 Å². The molecular formula is C12H17N3O3. The van der Waals surface area contributed by atoms with Gasteiger partial charge in [-0.25, -0.2) is 0 Å². The van der Waals surface area contributed by atoms with Gasteiger partial charge in [0.25, 0.3) is 5.91 Å². The zero-order chi connectivity index (χ0) is 13.2. The largest absolute Gasteiger partial charge is 0.481 e. The summed E-state index contributed by atoms with van der Waals surface area (Å²) in [4.78, 5) is 23.2. The molecule has 1 aromatic rings. The molecule has 1 aliphatic rings. The number of aliphatic carboxylic acids is 1. The predicted molar refractivity (Wildman–Crippen MR) is 64.1 cm³/mol. The zero-order valence-electron chi connectivity index (χ0n) is 10.3. The molecule has 0 unspecified atom stereocenters. The first-order valence-electron chi connectivity index (χ1n) is 6.05. The molecule has 2 rings (SSSR count). The van der Waals surface area contributed by atoms with Gasteiger partial charge in [-0.05, 0) is 18.9 Å². The summed E-state index contributed by atoms with van der Waals surface area (Å²) in [7, 11) is 1.68. The van der Waals surface area contributed by atoms with Gasteiger partial charge in [0.15, 0.2) is 0 Å². The van der Waals surface area contributed by atoms with Crippen molar-refractivity contribution < 1.29 is 14.7 Å². The predicted octanol–water partition coefficient (Wildman–Crippen LogP) is 0.795. The van der Waals surface area contributed by atoms with E-state index < -0.39 is 11.4 Å². The van der Waals surface area contributed by atoms with Crippen molar-refractivity contribution in [2.75, 3.05) is 6.54 Å². The Morgan fingerprint density at radius 1 is 1.50 bits per heavy atom. The van der Waals surface area contributed by atoms with E-state index in [2.05, 4.69) is 10.4 Å². The summed E-state index contributed by atoms with van der Waals surface area (Å²) in [6.07, 6.45) is 4.63. The van der Waals surface area contributed by atoms with Crippen LogP contribution in [0.2, 0.25) is 0 Å². The van der Waals surface area contributed by atoms with Crippen LogP contribution in [0.3, 0.4) is 0 Å². The topological polar surface area (TPSA) is 84.2 Å². The fourth-order valence-electron chi connectivity index (χ4n) is 2.45. The highest BCUT2D eigenvalue weighted by molar-refractivity contribution is 5.92. The minimum Gasteiger partial charge on any atom is -0.481 e. The number of carboxylic acids is 1. The Kier molecular flexibility index (Phi) is 3.36. The van der Waals surface area contributed by atoms with Crippen LogP contribution in [0.1, 0.15) is 36.2 Å². The summed E-state index contributed by atoms with van der Waals surface area (Å²) in [6, 6.07) is 1.61. The fraction of sp³-hybridized carbons (Fsp3) is 0.583. The molecule has 1 saturated carbocycles. The number of nitrogens with one attached hydrogen (secondary N) is 1. The van der Waals surface area contributed by atoms with E-state index in [0.717, 1.165) is 12.8 Å². The van der Waals surface area contributed by atoms with E-state index in [4.69, 9.17) is 0 Å². The number of carboxylic acid groups (broad SMARTS) is 1. The Morgan fingerprint density at radius 3 is 2.67 bits per heavy atom. The van der Waals surface area contributed by atoms with E-state index in [1.165, 1.54) is 10.9 Å². The lowest BCUT2D eigenvalue weighted by atomic mass is 9.86. The molecule has 1 heterocycles. The van der Waals surface area contributed by atoms with Crippen molar-refractivity contribution in [3.05, 3.63) is 18.0 Å². The summed E-state index contributed by atoms with van der Waals surface area (Å²) >= 11 is 0. The molecule has 0 radical (unpaired) electrons. The molecule has 6 nitrogen and oxygen atoms in total. The van der Waals surface area contributed by atoms with Gasteiger partial charge in [-0.3, -0.25) is 14.3 Å². The number of rotatable bonds is 4. The number of carbonyl (C=O) groups is 2. The minimum atomic E-state index is -0.815. The lowest BCUT2D eigenvalue weighted by Crippen LogP contribution is -2.41. The number of aryl methyl sites for hydroxylation is 1. The van der Waals surface area contributed by atoms with Crippen molar-refractivity contribution in [3.8, 4) is 0 Å². The van der Waals surface area contributed by atoms with Crippen LogP contribution in [0, 0.1) is 5.41 Å². The maximum Gasteiger partial charge on any atom is 0.311 e. The minimum absolute atomic E-state index is 0.187. The molecule has 1 aromatic heterocycles. The van der Waals surface area contributed by atoms with Gasteiger partial charge in [0, 0.05) is 19.8 Å². The normalized spacial score (nSPS) is 17.6. The van der Waals surface area contributed by atoms with E-state index in [-0.39, 0.29) is 12.5 Å². The lowest BCUT2D eigenvalue weighted by molar-refractivity contribution is -0.148. The summed E-state index contributed by atoms with van der Waals surface area (Å²) in [5.74, 6) is -1.09. The van der Waals surface area contributed by atoms with Gasteiger partial charge >= 0.3 is 5.97 Å². The number of aromatic nitrogens is 2. The zero-order valence-corrected chi connectivity index (χ0v) is 10.3. The van der Waals surface area contributed by atoms with Gasteiger partial charge in [0.2, 0.25) is 0 Å². The molecule has 1 fully saturated rings. The third kappa shape index (κ3) is 2.23. The van der Waals surface area contributed by atoms with Crippen LogP contribution in [0.5, 0.6) is 0 Å². The van der Waals surface area contributed by atoms with Crippen LogP contribution in [0.4, 0.5) is 0 Å². The highest BCUT2D eigenvalue weighted by Crippen LogP contribution is 2.37. The lowest BCUT2D eigenvalue weighted by Gasteiger charge is -2.23. The molecule has 0 spiro atoms. The third-order valence-electron chi connectivity index (χ3n) is 3.66. The molecule has 0 aliphatic heterocycles. The van der Waals surface area contributed by atoms with Gasteiger partial charge in [-0.2, -0.15) is 5.10 Å². The summed E-state index contributed by atoms with van der Waals surface area (Å²) in [5, 5.41) is 15.9. The van der Waals surface area contributed by atoms with Gasteiger partial charge in [0.05, 0.1) is 5.41 Å². The molecule has 98 valence electrons. The van der Waals surface area contributed by atoms with E-state index in [1.54, 1.807) is 13.1 Å². The SMILES string of the molecule is Cn1nccc1C(=O)NCC1(C(=O)O)CCCC1. The second kappa shape index (κ2) is 4.80. The van der Waals surface area contributed by atoms with Gasteiger partial charge < -0.3 is 10.4 Å². The van der Waals surface area contributed by atoms with Crippen molar-refractivity contribution in [1.29, 1.82) is 0 Å². The maximum absolute atomic E-state index is 11.9. The number of nitrogens with zero attached hydrogens (tertiary/aromatic N) is 2. The Labute approximate surface area is 105 Å². The monoisotopic (exact) mass is 251 g/mol. The van der Waals surface area contributed by atoms with Crippen LogP contribution in [-0.4, -0.2) is 33.3 Å². The van der Waals surface area contributed by atoms with Crippen LogP contribution < -0.4 is 5.32 Å².